The lowest BCUT2D eigenvalue weighted by Crippen LogP contribution is -2.35. The number of nitrogens with zero attached hydrogens (tertiary/aromatic N) is 2. The van der Waals surface area contributed by atoms with E-state index in [2.05, 4.69) is 4.98 Å². The SMILES string of the molecule is COc1c(C)c2c(c(C)c1OC)CN(C(=O)C=Cc1ccc(C(F)(F)F)nc1)CC2. The van der Waals surface area contributed by atoms with Gasteiger partial charge in [-0.1, -0.05) is 6.07 Å². The van der Waals surface area contributed by atoms with Gasteiger partial charge in [0.15, 0.2) is 11.5 Å². The molecule has 0 fully saturated rings. The van der Waals surface area contributed by atoms with Gasteiger partial charge in [-0.25, -0.2) is 0 Å². The van der Waals surface area contributed by atoms with E-state index in [0.717, 1.165) is 34.5 Å². The molecular formula is C22H23F3N2O3. The van der Waals surface area contributed by atoms with Gasteiger partial charge in [-0.15, -0.1) is 0 Å². The summed E-state index contributed by atoms with van der Waals surface area (Å²) in [5.74, 6) is 1.16. The summed E-state index contributed by atoms with van der Waals surface area (Å²) in [6.07, 6.45) is 0.126. The van der Waals surface area contributed by atoms with Crippen LogP contribution in [0.3, 0.4) is 0 Å². The van der Waals surface area contributed by atoms with Crippen molar-refractivity contribution in [2.45, 2.75) is 33.0 Å². The number of alkyl halides is 3. The average molecular weight is 420 g/mol. The maximum absolute atomic E-state index is 12.7. The summed E-state index contributed by atoms with van der Waals surface area (Å²) in [6.45, 7) is 4.89. The fraction of sp³-hybridized carbons (Fsp3) is 0.364. The van der Waals surface area contributed by atoms with Crippen molar-refractivity contribution in [1.82, 2.24) is 9.88 Å². The number of methoxy groups -OCH3 is 2. The number of aromatic nitrogens is 1. The highest BCUT2D eigenvalue weighted by molar-refractivity contribution is 5.92. The molecule has 0 N–H and O–H groups in total. The predicted molar refractivity (Wildman–Crippen MR) is 106 cm³/mol. The van der Waals surface area contributed by atoms with Crippen molar-refractivity contribution in [2.24, 2.45) is 0 Å². The van der Waals surface area contributed by atoms with Crippen molar-refractivity contribution in [1.29, 1.82) is 0 Å². The van der Waals surface area contributed by atoms with Gasteiger partial charge in [0.05, 0.1) is 14.2 Å². The zero-order valence-corrected chi connectivity index (χ0v) is 17.3. The Morgan fingerprint density at radius 3 is 2.27 bits per heavy atom. The van der Waals surface area contributed by atoms with E-state index in [0.29, 0.717) is 36.6 Å². The Bertz CT molecular complexity index is 983. The molecule has 1 aromatic heterocycles. The summed E-state index contributed by atoms with van der Waals surface area (Å²) < 4.78 is 48.8. The molecule has 0 bridgehead atoms. The Hall–Kier alpha value is -3.03. The molecule has 1 aliphatic rings. The number of hydrogen-bond acceptors (Lipinski definition) is 4. The molecule has 1 amide bonds. The Kier molecular flexibility index (Phi) is 6.05. The first-order chi connectivity index (χ1) is 14.2. The summed E-state index contributed by atoms with van der Waals surface area (Å²) >= 11 is 0. The molecule has 2 heterocycles. The van der Waals surface area contributed by atoms with E-state index in [9.17, 15) is 18.0 Å². The fourth-order valence-electron chi connectivity index (χ4n) is 3.76. The minimum absolute atomic E-state index is 0.215. The van der Waals surface area contributed by atoms with Gasteiger partial charge in [0.2, 0.25) is 5.91 Å². The summed E-state index contributed by atoms with van der Waals surface area (Å²) in [7, 11) is 3.19. The maximum atomic E-state index is 12.7. The number of ether oxygens (including phenoxy) is 2. The Balaban J connectivity index is 1.79. The van der Waals surface area contributed by atoms with E-state index in [4.69, 9.17) is 9.47 Å². The van der Waals surface area contributed by atoms with Crippen molar-refractivity contribution in [2.75, 3.05) is 20.8 Å². The van der Waals surface area contributed by atoms with Gasteiger partial charge < -0.3 is 14.4 Å². The van der Waals surface area contributed by atoms with Crippen molar-refractivity contribution in [3.63, 3.8) is 0 Å². The predicted octanol–water partition coefficient (Wildman–Crippen LogP) is 4.33. The Labute approximate surface area is 173 Å². The lowest BCUT2D eigenvalue weighted by molar-refractivity contribution is -0.141. The first kappa shape index (κ1) is 21.7. The monoisotopic (exact) mass is 420 g/mol. The average Bonchev–Trinajstić information content (AvgIpc) is 2.73. The van der Waals surface area contributed by atoms with Crippen LogP contribution < -0.4 is 9.47 Å². The van der Waals surface area contributed by atoms with E-state index in [-0.39, 0.29) is 5.91 Å². The second kappa shape index (κ2) is 8.38. The standard InChI is InChI=1S/C22H23F3N2O3/c1-13-16-9-10-27(12-17(16)14(2)21(30-4)20(13)29-3)19(28)8-6-15-5-7-18(26-11-15)22(23,24)25/h5-8,11H,9-10,12H2,1-4H3. The molecule has 0 radical (unpaired) electrons. The molecule has 1 aromatic carbocycles. The second-order valence-corrected chi connectivity index (χ2v) is 7.09. The fourth-order valence-corrected chi connectivity index (χ4v) is 3.76. The van der Waals surface area contributed by atoms with Crippen LogP contribution in [-0.2, 0) is 23.9 Å². The summed E-state index contributed by atoms with van der Waals surface area (Å²) in [4.78, 5) is 17.8. The van der Waals surface area contributed by atoms with Crippen molar-refractivity contribution >= 4 is 12.0 Å². The van der Waals surface area contributed by atoms with Crippen LogP contribution in [0.1, 0.15) is 33.5 Å². The maximum Gasteiger partial charge on any atom is 0.433 e. The second-order valence-electron chi connectivity index (χ2n) is 7.09. The third-order valence-corrected chi connectivity index (χ3v) is 5.35. The van der Waals surface area contributed by atoms with Crippen molar-refractivity contribution < 1.29 is 27.4 Å². The van der Waals surface area contributed by atoms with Gasteiger partial charge in [-0.2, -0.15) is 13.2 Å². The van der Waals surface area contributed by atoms with Crippen LogP contribution in [0.15, 0.2) is 24.4 Å². The van der Waals surface area contributed by atoms with Crippen molar-refractivity contribution in [3.05, 3.63) is 57.9 Å². The molecule has 30 heavy (non-hydrogen) atoms. The van der Waals surface area contributed by atoms with E-state index in [1.807, 2.05) is 13.8 Å². The van der Waals surface area contributed by atoms with E-state index >= 15 is 0 Å². The summed E-state index contributed by atoms with van der Waals surface area (Å²) in [5.41, 5.74) is 3.59. The summed E-state index contributed by atoms with van der Waals surface area (Å²) in [6, 6.07) is 2.18. The Morgan fingerprint density at radius 1 is 1.10 bits per heavy atom. The van der Waals surface area contributed by atoms with Crippen LogP contribution in [0.25, 0.3) is 6.08 Å². The third kappa shape index (κ3) is 4.13. The first-order valence-electron chi connectivity index (χ1n) is 9.40. The molecule has 0 saturated heterocycles. The van der Waals surface area contributed by atoms with Crippen LogP contribution in [0.5, 0.6) is 11.5 Å². The number of carbonyl (C=O) groups excluding carboxylic acids is 1. The molecule has 0 saturated carbocycles. The highest BCUT2D eigenvalue weighted by Gasteiger charge is 2.32. The van der Waals surface area contributed by atoms with Gasteiger partial charge in [0.25, 0.3) is 0 Å². The minimum Gasteiger partial charge on any atom is -0.493 e. The molecule has 3 rings (SSSR count). The van der Waals surface area contributed by atoms with Crippen LogP contribution >= 0.6 is 0 Å². The molecule has 160 valence electrons. The van der Waals surface area contributed by atoms with Crippen LogP contribution in [0, 0.1) is 13.8 Å². The number of rotatable bonds is 4. The first-order valence-corrected chi connectivity index (χ1v) is 9.40. The quantitative estimate of drug-likeness (QED) is 0.691. The van der Waals surface area contributed by atoms with E-state index in [1.165, 1.54) is 18.2 Å². The normalized spacial score (nSPS) is 14.0. The molecule has 1 aliphatic heterocycles. The molecule has 0 unspecified atom stereocenters. The number of benzene rings is 1. The number of hydrogen-bond donors (Lipinski definition) is 0. The molecular weight excluding hydrogens is 397 g/mol. The van der Waals surface area contributed by atoms with E-state index in [1.54, 1.807) is 19.1 Å². The Morgan fingerprint density at radius 2 is 1.73 bits per heavy atom. The number of halogens is 3. The number of pyridine rings is 1. The summed E-state index contributed by atoms with van der Waals surface area (Å²) in [5, 5.41) is 0. The van der Waals surface area contributed by atoms with Crippen LogP contribution in [-0.4, -0.2) is 36.6 Å². The zero-order valence-electron chi connectivity index (χ0n) is 17.3. The number of fused-ring (bicyclic) bond motifs is 1. The van der Waals surface area contributed by atoms with Crippen molar-refractivity contribution in [3.8, 4) is 11.5 Å². The lowest BCUT2D eigenvalue weighted by atomic mass is 9.90. The number of amides is 1. The van der Waals surface area contributed by atoms with Crippen LogP contribution in [0.4, 0.5) is 13.2 Å². The molecule has 2 aromatic rings. The largest absolute Gasteiger partial charge is 0.493 e. The third-order valence-electron chi connectivity index (χ3n) is 5.35. The molecule has 0 atom stereocenters. The zero-order chi connectivity index (χ0) is 22.1. The lowest BCUT2D eigenvalue weighted by Gasteiger charge is -2.32. The molecule has 5 nitrogen and oxygen atoms in total. The van der Waals surface area contributed by atoms with Gasteiger partial charge in [-0.05, 0) is 54.7 Å². The highest BCUT2D eigenvalue weighted by atomic mass is 19.4. The van der Waals surface area contributed by atoms with Gasteiger partial charge in [0, 0.05) is 30.9 Å². The molecule has 0 spiro atoms. The number of carbonyl (C=O) groups is 1. The van der Waals surface area contributed by atoms with Crippen LogP contribution in [0.2, 0.25) is 0 Å². The topological polar surface area (TPSA) is 51.7 Å². The van der Waals surface area contributed by atoms with Gasteiger partial charge in [0.1, 0.15) is 5.69 Å². The molecule has 8 heteroatoms. The van der Waals surface area contributed by atoms with Gasteiger partial charge in [-0.3, -0.25) is 9.78 Å². The smallest absolute Gasteiger partial charge is 0.433 e. The minimum atomic E-state index is -4.49. The van der Waals surface area contributed by atoms with Gasteiger partial charge >= 0.3 is 6.18 Å². The van der Waals surface area contributed by atoms with E-state index < -0.39 is 11.9 Å². The highest BCUT2D eigenvalue weighted by Crippen LogP contribution is 2.41. The molecule has 0 aliphatic carbocycles.